The predicted octanol–water partition coefficient (Wildman–Crippen LogP) is 2.49. The summed E-state index contributed by atoms with van der Waals surface area (Å²) in [4.78, 5) is 6.55. The zero-order chi connectivity index (χ0) is 15.2. The number of hydrogen-bond acceptors (Lipinski definition) is 4. The van der Waals surface area contributed by atoms with Gasteiger partial charge in [-0.3, -0.25) is 4.98 Å². The maximum atomic E-state index is 9.81. The molecule has 0 spiro atoms. The van der Waals surface area contributed by atoms with Crippen LogP contribution in [0.4, 0.5) is 0 Å². The van der Waals surface area contributed by atoms with Crippen molar-refractivity contribution in [1.29, 1.82) is 0 Å². The summed E-state index contributed by atoms with van der Waals surface area (Å²) in [6.07, 6.45) is 0. The minimum atomic E-state index is 0.245. The predicted molar refractivity (Wildman–Crippen MR) is 85.2 cm³/mol. The van der Waals surface area contributed by atoms with Crippen molar-refractivity contribution in [2.75, 3.05) is 20.6 Å². The first-order valence-electron chi connectivity index (χ1n) is 7.15. The molecule has 0 amide bonds. The number of aromatic nitrogens is 1. The fourth-order valence-electron chi connectivity index (χ4n) is 2.33. The average molecular weight is 285 g/mol. The first-order chi connectivity index (χ1) is 10.1. The molecule has 1 atom stereocenters. The Hall–Kier alpha value is -1.91. The molecule has 0 radical (unpaired) electrons. The first kappa shape index (κ1) is 15.5. The minimum absolute atomic E-state index is 0.245. The third kappa shape index (κ3) is 4.28. The van der Waals surface area contributed by atoms with Crippen LogP contribution in [0.1, 0.15) is 23.0 Å². The molecule has 2 N–H and O–H groups in total. The van der Waals surface area contributed by atoms with Crippen LogP contribution in [0.2, 0.25) is 0 Å². The van der Waals surface area contributed by atoms with Gasteiger partial charge in [-0.2, -0.15) is 0 Å². The van der Waals surface area contributed by atoms with Crippen molar-refractivity contribution in [2.45, 2.75) is 19.5 Å². The number of hydrogen-bond donors (Lipinski definition) is 2. The minimum Gasteiger partial charge on any atom is -0.506 e. The second-order valence-corrected chi connectivity index (χ2v) is 5.44. The molecule has 2 aromatic rings. The molecule has 0 saturated carbocycles. The second kappa shape index (κ2) is 7.20. The maximum absolute atomic E-state index is 9.81. The van der Waals surface area contributed by atoms with Gasteiger partial charge in [0, 0.05) is 24.8 Å². The number of rotatable bonds is 6. The quantitative estimate of drug-likeness (QED) is 0.856. The van der Waals surface area contributed by atoms with E-state index in [0.29, 0.717) is 12.2 Å². The lowest BCUT2D eigenvalue weighted by atomic mass is 10.1. The molecule has 2 rings (SSSR count). The van der Waals surface area contributed by atoms with Gasteiger partial charge >= 0.3 is 0 Å². The maximum Gasteiger partial charge on any atom is 0.138 e. The van der Waals surface area contributed by atoms with Gasteiger partial charge in [-0.25, -0.2) is 0 Å². The van der Waals surface area contributed by atoms with Crippen LogP contribution in [0.25, 0.3) is 0 Å². The van der Waals surface area contributed by atoms with Gasteiger partial charge in [-0.15, -0.1) is 0 Å². The fraction of sp³-hybridized carbons (Fsp3) is 0.353. The SMILES string of the molecule is Cc1ccc(O)c(CNCC(c2ccccc2)N(C)C)n1. The molecule has 1 unspecified atom stereocenters. The molecular weight excluding hydrogens is 262 g/mol. The van der Waals surface area contributed by atoms with Gasteiger partial charge in [0.25, 0.3) is 0 Å². The fourth-order valence-corrected chi connectivity index (χ4v) is 2.33. The molecule has 0 saturated heterocycles. The molecule has 112 valence electrons. The summed E-state index contributed by atoms with van der Waals surface area (Å²) in [6.45, 7) is 3.28. The Morgan fingerprint density at radius 1 is 1.14 bits per heavy atom. The molecule has 21 heavy (non-hydrogen) atoms. The number of likely N-dealkylation sites (N-methyl/N-ethyl adjacent to an activating group) is 1. The molecule has 0 bridgehead atoms. The summed E-state index contributed by atoms with van der Waals surface area (Å²) >= 11 is 0. The summed E-state index contributed by atoms with van der Waals surface area (Å²) in [7, 11) is 4.14. The lowest BCUT2D eigenvalue weighted by Gasteiger charge is -2.25. The Morgan fingerprint density at radius 2 is 1.86 bits per heavy atom. The molecule has 4 nitrogen and oxygen atoms in total. The smallest absolute Gasteiger partial charge is 0.138 e. The van der Waals surface area contributed by atoms with E-state index < -0.39 is 0 Å². The standard InChI is InChI=1S/C17H23N3O/c1-13-9-10-17(21)15(19-13)11-18-12-16(20(2)3)14-7-5-4-6-8-14/h4-10,16,18,21H,11-12H2,1-3H3. The lowest BCUT2D eigenvalue weighted by molar-refractivity contribution is 0.287. The van der Waals surface area contributed by atoms with E-state index in [1.807, 2.05) is 19.1 Å². The van der Waals surface area contributed by atoms with Crippen LogP contribution < -0.4 is 5.32 Å². The van der Waals surface area contributed by atoms with Gasteiger partial charge in [-0.1, -0.05) is 30.3 Å². The number of pyridine rings is 1. The first-order valence-corrected chi connectivity index (χ1v) is 7.15. The number of nitrogens with zero attached hydrogens (tertiary/aromatic N) is 2. The van der Waals surface area contributed by atoms with Crippen LogP contribution in [0.3, 0.4) is 0 Å². The van der Waals surface area contributed by atoms with E-state index >= 15 is 0 Å². The summed E-state index contributed by atoms with van der Waals surface area (Å²) in [6, 6.07) is 14.2. The highest BCUT2D eigenvalue weighted by molar-refractivity contribution is 5.27. The summed E-state index contributed by atoms with van der Waals surface area (Å²) < 4.78 is 0. The number of aromatic hydroxyl groups is 1. The van der Waals surface area contributed by atoms with Gasteiger partial charge in [0.15, 0.2) is 0 Å². The normalized spacial score (nSPS) is 12.6. The van der Waals surface area contributed by atoms with Gasteiger partial charge < -0.3 is 15.3 Å². The van der Waals surface area contributed by atoms with E-state index in [0.717, 1.165) is 12.2 Å². The van der Waals surface area contributed by atoms with Crippen LogP contribution in [-0.2, 0) is 6.54 Å². The molecule has 0 aliphatic heterocycles. The molecule has 1 aromatic heterocycles. The Bertz CT molecular complexity index is 570. The van der Waals surface area contributed by atoms with Crippen molar-refractivity contribution in [2.24, 2.45) is 0 Å². The van der Waals surface area contributed by atoms with Gasteiger partial charge in [0.1, 0.15) is 5.75 Å². The van der Waals surface area contributed by atoms with Crippen LogP contribution in [0.15, 0.2) is 42.5 Å². The monoisotopic (exact) mass is 285 g/mol. The third-order valence-electron chi connectivity index (χ3n) is 3.53. The zero-order valence-corrected chi connectivity index (χ0v) is 12.9. The lowest BCUT2D eigenvalue weighted by Crippen LogP contribution is -2.31. The highest BCUT2D eigenvalue weighted by Crippen LogP contribution is 2.18. The van der Waals surface area contributed by atoms with Crippen molar-refractivity contribution in [3.05, 3.63) is 59.4 Å². The van der Waals surface area contributed by atoms with Crippen LogP contribution in [0, 0.1) is 6.92 Å². The van der Waals surface area contributed by atoms with Crippen molar-refractivity contribution in [3.63, 3.8) is 0 Å². The average Bonchev–Trinajstić information content (AvgIpc) is 2.47. The summed E-state index contributed by atoms with van der Waals surface area (Å²) in [5.74, 6) is 0.245. The number of aryl methyl sites for hydroxylation is 1. The van der Waals surface area contributed by atoms with Crippen LogP contribution in [-0.4, -0.2) is 35.6 Å². The van der Waals surface area contributed by atoms with E-state index in [9.17, 15) is 5.11 Å². The van der Waals surface area contributed by atoms with Gasteiger partial charge in [0.05, 0.1) is 5.69 Å². The van der Waals surface area contributed by atoms with Crippen LogP contribution >= 0.6 is 0 Å². The Morgan fingerprint density at radius 3 is 2.52 bits per heavy atom. The Balaban J connectivity index is 1.98. The Labute approximate surface area is 126 Å². The molecule has 1 heterocycles. The Kier molecular flexibility index (Phi) is 5.31. The number of nitrogens with one attached hydrogen (secondary N) is 1. The summed E-state index contributed by atoms with van der Waals surface area (Å²) in [5.41, 5.74) is 2.88. The third-order valence-corrected chi connectivity index (χ3v) is 3.53. The highest BCUT2D eigenvalue weighted by atomic mass is 16.3. The van der Waals surface area contributed by atoms with Gasteiger partial charge in [-0.05, 0) is 38.7 Å². The van der Waals surface area contributed by atoms with E-state index in [1.165, 1.54) is 5.56 Å². The summed E-state index contributed by atoms with van der Waals surface area (Å²) in [5, 5.41) is 13.2. The van der Waals surface area contributed by atoms with Crippen molar-refractivity contribution < 1.29 is 5.11 Å². The second-order valence-electron chi connectivity index (χ2n) is 5.44. The van der Waals surface area contributed by atoms with E-state index in [4.69, 9.17) is 0 Å². The zero-order valence-electron chi connectivity index (χ0n) is 12.9. The van der Waals surface area contributed by atoms with E-state index in [2.05, 4.69) is 53.6 Å². The van der Waals surface area contributed by atoms with Crippen LogP contribution in [0.5, 0.6) is 5.75 Å². The van der Waals surface area contributed by atoms with E-state index in [-0.39, 0.29) is 11.8 Å². The van der Waals surface area contributed by atoms with Crippen molar-refractivity contribution in [1.82, 2.24) is 15.2 Å². The molecule has 0 aliphatic rings. The van der Waals surface area contributed by atoms with Crippen molar-refractivity contribution in [3.8, 4) is 5.75 Å². The molecule has 4 heteroatoms. The molecule has 1 aromatic carbocycles. The largest absolute Gasteiger partial charge is 0.506 e. The molecule has 0 fully saturated rings. The van der Waals surface area contributed by atoms with Gasteiger partial charge in [0.2, 0.25) is 0 Å². The number of benzene rings is 1. The molecular formula is C17H23N3O. The molecule has 0 aliphatic carbocycles. The highest BCUT2D eigenvalue weighted by Gasteiger charge is 2.13. The van der Waals surface area contributed by atoms with E-state index in [1.54, 1.807) is 6.07 Å². The topological polar surface area (TPSA) is 48.4 Å². The van der Waals surface area contributed by atoms with Crippen molar-refractivity contribution >= 4 is 0 Å².